The van der Waals surface area contributed by atoms with Crippen LogP contribution in [0.3, 0.4) is 0 Å². The number of unbranched alkanes of at least 4 members (excludes halogenated alkanes) is 1. The predicted octanol–water partition coefficient (Wildman–Crippen LogP) is 4.70. The van der Waals surface area contributed by atoms with Gasteiger partial charge in [0.05, 0.1) is 30.0 Å². The Labute approximate surface area is 182 Å². The zero-order valence-electron chi connectivity index (χ0n) is 17.6. The van der Waals surface area contributed by atoms with Crippen molar-refractivity contribution in [1.29, 1.82) is 0 Å². The molecule has 3 aromatic rings. The first-order valence-corrected chi connectivity index (χ1v) is 11.1. The summed E-state index contributed by atoms with van der Waals surface area (Å²) in [4.78, 5) is 13.1. The number of nitrogens with one attached hydrogen (secondary N) is 1. The lowest BCUT2D eigenvalue weighted by atomic mass is 9.92. The van der Waals surface area contributed by atoms with E-state index in [1.807, 2.05) is 31.3 Å². The summed E-state index contributed by atoms with van der Waals surface area (Å²) in [5.74, 6) is -0.158. The van der Waals surface area contributed by atoms with Gasteiger partial charge < -0.3 is 5.32 Å². The number of carbonyl (C=O) groups is 1. The van der Waals surface area contributed by atoms with Crippen LogP contribution in [0, 0.1) is 6.92 Å². The number of aromatic nitrogens is 4. The van der Waals surface area contributed by atoms with Crippen LogP contribution in [-0.4, -0.2) is 25.5 Å². The average Bonchev–Trinajstić information content (AvgIpc) is 3.28. The van der Waals surface area contributed by atoms with Gasteiger partial charge in [0.2, 0.25) is 0 Å². The van der Waals surface area contributed by atoms with Gasteiger partial charge in [-0.2, -0.15) is 10.2 Å². The molecule has 1 atom stereocenters. The average molecular weight is 426 g/mol. The number of hydrogen-bond acceptors (Lipinski definition) is 3. The fourth-order valence-electron chi connectivity index (χ4n) is 4.16. The van der Waals surface area contributed by atoms with Crippen LogP contribution in [0.1, 0.15) is 71.5 Å². The molecule has 1 aliphatic rings. The van der Waals surface area contributed by atoms with E-state index >= 15 is 0 Å². The van der Waals surface area contributed by atoms with Gasteiger partial charge in [-0.1, -0.05) is 55.3 Å². The van der Waals surface area contributed by atoms with Crippen molar-refractivity contribution >= 4 is 17.5 Å². The van der Waals surface area contributed by atoms with E-state index in [9.17, 15) is 4.79 Å². The number of amides is 1. The molecule has 0 saturated carbocycles. The number of rotatable bonds is 7. The highest BCUT2D eigenvalue weighted by Gasteiger charge is 2.28. The maximum atomic E-state index is 13.1. The highest BCUT2D eigenvalue weighted by atomic mass is 35.5. The first-order chi connectivity index (χ1) is 14.6. The van der Waals surface area contributed by atoms with E-state index in [0.717, 1.165) is 50.8 Å². The Morgan fingerprint density at radius 3 is 2.83 bits per heavy atom. The maximum absolute atomic E-state index is 13.1. The van der Waals surface area contributed by atoms with Gasteiger partial charge in [0, 0.05) is 17.8 Å². The third-order valence-electron chi connectivity index (χ3n) is 5.76. The van der Waals surface area contributed by atoms with Crippen LogP contribution in [-0.2, 0) is 19.5 Å². The zero-order chi connectivity index (χ0) is 21.1. The van der Waals surface area contributed by atoms with Crippen LogP contribution >= 0.6 is 11.6 Å². The number of carbonyl (C=O) groups excluding carboxylic acids is 1. The molecule has 2 aromatic heterocycles. The Morgan fingerprint density at radius 1 is 1.27 bits per heavy atom. The Morgan fingerprint density at radius 2 is 2.07 bits per heavy atom. The molecular weight excluding hydrogens is 398 g/mol. The van der Waals surface area contributed by atoms with Crippen LogP contribution < -0.4 is 5.32 Å². The van der Waals surface area contributed by atoms with Crippen molar-refractivity contribution in [3.63, 3.8) is 0 Å². The third kappa shape index (κ3) is 4.15. The summed E-state index contributed by atoms with van der Waals surface area (Å²) in [5, 5.41) is 12.7. The Bertz CT molecular complexity index is 1020. The van der Waals surface area contributed by atoms with Crippen LogP contribution in [0.5, 0.6) is 0 Å². The van der Waals surface area contributed by atoms with E-state index in [1.165, 1.54) is 11.3 Å². The molecule has 0 saturated heterocycles. The zero-order valence-corrected chi connectivity index (χ0v) is 18.3. The van der Waals surface area contributed by atoms with Gasteiger partial charge in [0.1, 0.15) is 5.15 Å². The largest absolute Gasteiger partial charge is 0.345 e. The van der Waals surface area contributed by atoms with E-state index in [2.05, 4.69) is 39.3 Å². The molecule has 4 rings (SSSR count). The van der Waals surface area contributed by atoms with Crippen molar-refractivity contribution in [3.05, 3.63) is 69.8 Å². The summed E-state index contributed by atoms with van der Waals surface area (Å²) < 4.78 is 3.80. The summed E-state index contributed by atoms with van der Waals surface area (Å²) in [5.41, 5.74) is 4.69. The third-order valence-corrected chi connectivity index (χ3v) is 6.14. The minimum Gasteiger partial charge on any atom is -0.345 e. The van der Waals surface area contributed by atoms with Gasteiger partial charge in [-0.15, -0.1) is 0 Å². The molecule has 1 unspecified atom stereocenters. The van der Waals surface area contributed by atoms with Crippen molar-refractivity contribution < 1.29 is 4.79 Å². The summed E-state index contributed by atoms with van der Waals surface area (Å²) >= 11 is 6.50. The van der Waals surface area contributed by atoms with Crippen LogP contribution in [0.25, 0.3) is 0 Å². The topological polar surface area (TPSA) is 64.7 Å². The first kappa shape index (κ1) is 20.7. The number of nitrogens with zero attached hydrogens (tertiary/aromatic N) is 4. The van der Waals surface area contributed by atoms with E-state index < -0.39 is 0 Å². The minimum absolute atomic E-state index is 0.0553. The fourth-order valence-corrected chi connectivity index (χ4v) is 4.50. The Hall–Kier alpha value is -2.60. The number of halogens is 1. The molecule has 158 valence electrons. The van der Waals surface area contributed by atoms with E-state index in [4.69, 9.17) is 11.6 Å². The lowest BCUT2D eigenvalue weighted by Crippen LogP contribution is -2.31. The van der Waals surface area contributed by atoms with Gasteiger partial charge in [-0.05, 0) is 38.2 Å². The number of aryl methyl sites for hydroxylation is 2. The SMILES string of the molecule is CCCCn1nc(C)c(C(=O)NC2CCCc3c2cnn3Cc2ccccc2)c1Cl. The predicted molar refractivity (Wildman–Crippen MR) is 118 cm³/mol. The molecule has 0 fully saturated rings. The van der Waals surface area contributed by atoms with E-state index in [-0.39, 0.29) is 11.9 Å². The van der Waals surface area contributed by atoms with Crippen LogP contribution in [0.4, 0.5) is 0 Å². The van der Waals surface area contributed by atoms with Gasteiger partial charge in [-0.25, -0.2) is 0 Å². The molecule has 1 aromatic carbocycles. The monoisotopic (exact) mass is 425 g/mol. The molecule has 2 heterocycles. The molecule has 0 aliphatic heterocycles. The van der Waals surface area contributed by atoms with Crippen LogP contribution in [0.15, 0.2) is 36.5 Å². The summed E-state index contributed by atoms with van der Waals surface area (Å²) in [6.45, 7) is 5.43. The van der Waals surface area contributed by atoms with Crippen molar-refractivity contribution in [2.75, 3.05) is 0 Å². The fraction of sp³-hybridized carbons (Fsp3) is 0.435. The molecule has 6 nitrogen and oxygen atoms in total. The lowest BCUT2D eigenvalue weighted by molar-refractivity contribution is 0.0932. The molecule has 0 radical (unpaired) electrons. The number of benzene rings is 1. The molecular formula is C23H28ClN5O. The number of hydrogen-bond donors (Lipinski definition) is 1. The normalized spacial score (nSPS) is 15.8. The van der Waals surface area contributed by atoms with Gasteiger partial charge in [0.25, 0.3) is 5.91 Å². The van der Waals surface area contributed by atoms with Crippen LogP contribution in [0.2, 0.25) is 5.15 Å². The van der Waals surface area contributed by atoms with Crippen molar-refractivity contribution in [2.45, 2.75) is 65.1 Å². The molecule has 1 aliphatic carbocycles. The maximum Gasteiger partial charge on any atom is 0.256 e. The van der Waals surface area contributed by atoms with Gasteiger partial charge in [-0.3, -0.25) is 14.2 Å². The first-order valence-electron chi connectivity index (χ1n) is 10.7. The van der Waals surface area contributed by atoms with Gasteiger partial charge >= 0.3 is 0 Å². The van der Waals surface area contributed by atoms with Crippen molar-refractivity contribution in [1.82, 2.24) is 24.9 Å². The minimum atomic E-state index is -0.158. The number of fused-ring (bicyclic) bond motifs is 1. The standard InChI is InChI=1S/C23H28ClN5O/c1-3-4-13-28-22(24)21(16(2)27-28)23(30)26-19-11-8-12-20-18(19)14-25-29(20)15-17-9-6-5-7-10-17/h5-7,9-10,14,19H,3-4,8,11-13,15H2,1-2H3,(H,26,30). The van der Waals surface area contributed by atoms with Gasteiger partial charge in [0.15, 0.2) is 0 Å². The molecule has 30 heavy (non-hydrogen) atoms. The Balaban J connectivity index is 1.52. The molecule has 1 N–H and O–H groups in total. The molecule has 1 amide bonds. The lowest BCUT2D eigenvalue weighted by Gasteiger charge is -2.24. The summed E-state index contributed by atoms with van der Waals surface area (Å²) in [6, 6.07) is 10.3. The summed E-state index contributed by atoms with van der Waals surface area (Å²) in [6.07, 6.45) is 6.82. The molecule has 0 spiro atoms. The highest BCUT2D eigenvalue weighted by molar-refractivity contribution is 6.33. The summed E-state index contributed by atoms with van der Waals surface area (Å²) in [7, 11) is 0. The van der Waals surface area contributed by atoms with Crippen molar-refractivity contribution in [2.24, 2.45) is 0 Å². The van der Waals surface area contributed by atoms with Crippen molar-refractivity contribution in [3.8, 4) is 0 Å². The second-order valence-corrected chi connectivity index (χ2v) is 8.29. The quantitative estimate of drug-likeness (QED) is 0.596. The smallest absolute Gasteiger partial charge is 0.256 e. The molecule has 0 bridgehead atoms. The second kappa shape index (κ2) is 9.04. The highest BCUT2D eigenvalue weighted by Crippen LogP contribution is 2.31. The molecule has 7 heteroatoms. The second-order valence-electron chi connectivity index (χ2n) is 7.94. The van der Waals surface area contributed by atoms with E-state index in [0.29, 0.717) is 16.4 Å². The Kier molecular flexibility index (Phi) is 6.23. The van der Waals surface area contributed by atoms with E-state index in [1.54, 1.807) is 4.68 Å².